The summed E-state index contributed by atoms with van der Waals surface area (Å²) in [5.74, 6) is 0.640. The van der Waals surface area contributed by atoms with Crippen molar-refractivity contribution in [2.45, 2.75) is 40.7 Å². The number of nitrogens with one attached hydrogen (secondary N) is 1. The molecule has 0 bridgehead atoms. The summed E-state index contributed by atoms with van der Waals surface area (Å²) in [6, 6.07) is 5.48. The molecule has 1 aromatic rings. The zero-order chi connectivity index (χ0) is 15.8. The van der Waals surface area contributed by atoms with E-state index in [2.05, 4.69) is 31.0 Å². The minimum atomic E-state index is -0.313. The third-order valence-electron chi connectivity index (χ3n) is 3.75. The van der Waals surface area contributed by atoms with Crippen LogP contribution in [0.5, 0.6) is 0 Å². The van der Waals surface area contributed by atoms with Gasteiger partial charge in [-0.05, 0) is 31.0 Å². The lowest BCUT2D eigenvalue weighted by Crippen LogP contribution is -2.27. The molecule has 118 valence electrons. The van der Waals surface area contributed by atoms with E-state index in [1.165, 1.54) is 0 Å². The van der Waals surface area contributed by atoms with E-state index in [9.17, 15) is 10.1 Å². The Morgan fingerprint density at radius 3 is 2.57 bits per heavy atom. The maximum Gasteiger partial charge on any atom is 0.292 e. The van der Waals surface area contributed by atoms with Gasteiger partial charge in [0.25, 0.3) is 5.69 Å². The average molecular weight is 293 g/mol. The molecule has 1 unspecified atom stereocenters. The summed E-state index contributed by atoms with van der Waals surface area (Å²) in [6.07, 6.45) is 1.15. The summed E-state index contributed by atoms with van der Waals surface area (Å²) in [5, 5.41) is 14.2. The van der Waals surface area contributed by atoms with Crippen molar-refractivity contribution in [3.05, 3.63) is 33.9 Å². The van der Waals surface area contributed by atoms with Crippen molar-refractivity contribution in [3.8, 4) is 0 Å². The lowest BCUT2D eigenvalue weighted by molar-refractivity contribution is -0.384. The summed E-state index contributed by atoms with van der Waals surface area (Å²) in [6.45, 7) is 11.9. The SMILES string of the molecule is CCNc1ccc(CN(CC)CC(C)CC)cc1[N+](=O)[O-]. The fraction of sp³-hybridized carbons (Fsp3) is 0.625. The van der Waals surface area contributed by atoms with Gasteiger partial charge in [0, 0.05) is 25.7 Å². The number of anilines is 1. The van der Waals surface area contributed by atoms with Gasteiger partial charge in [-0.25, -0.2) is 0 Å². The van der Waals surface area contributed by atoms with Gasteiger partial charge in [-0.3, -0.25) is 15.0 Å². The van der Waals surface area contributed by atoms with Gasteiger partial charge in [0.2, 0.25) is 0 Å². The first-order valence-electron chi connectivity index (χ1n) is 7.75. The maximum atomic E-state index is 11.2. The highest BCUT2D eigenvalue weighted by Gasteiger charge is 2.15. The Morgan fingerprint density at radius 2 is 2.05 bits per heavy atom. The van der Waals surface area contributed by atoms with Crippen molar-refractivity contribution in [2.24, 2.45) is 5.92 Å². The van der Waals surface area contributed by atoms with E-state index in [4.69, 9.17) is 0 Å². The Labute approximate surface area is 127 Å². The van der Waals surface area contributed by atoms with Crippen LogP contribution in [0.3, 0.4) is 0 Å². The standard InChI is InChI=1S/C16H27N3O2/c1-5-13(4)11-18(7-3)12-14-8-9-15(17-6-2)16(10-14)19(20)21/h8-10,13,17H,5-7,11-12H2,1-4H3. The second-order valence-corrected chi connectivity index (χ2v) is 5.48. The number of rotatable bonds is 9. The molecule has 21 heavy (non-hydrogen) atoms. The van der Waals surface area contributed by atoms with E-state index in [0.717, 1.165) is 31.6 Å². The summed E-state index contributed by atoms with van der Waals surface area (Å²) in [7, 11) is 0. The predicted octanol–water partition coefficient (Wildman–Crippen LogP) is 3.89. The molecule has 1 aromatic carbocycles. The zero-order valence-corrected chi connectivity index (χ0v) is 13.6. The Hall–Kier alpha value is -1.62. The van der Waals surface area contributed by atoms with Crippen LogP contribution >= 0.6 is 0 Å². The quantitative estimate of drug-likeness (QED) is 0.554. The number of hydrogen-bond acceptors (Lipinski definition) is 4. The molecule has 0 saturated carbocycles. The monoisotopic (exact) mass is 293 g/mol. The molecule has 0 spiro atoms. The number of nitro benzene ring substituents is 1. The molecule has 1 rings (SSSR count). The summed E-state index contributed by atoms with van der Waals surface area (Å²) in [5.41, 5.74) is 1.75. The Bertz CT molecular complexity index is 463. The van der Waals surface area contributed by atoms with Crippen LogP contribution in [0.25, 0.3) is 0 Å². The lowest BCUT2D eigenvalue weighted by atomic mass is 10.1. The Kier molecular flexibility index (Phi) is 7.15. The molecule has 0 saturated heterocycles. The third-order valence-corrected chi connectivity index (χ3v) is 3.75. The van der Waals surface area contributed by atoms with Gasteiger partial charge >= 0.3 is 0 Å². The second kappa shape index (κ2) is 8.62. The summed E-state index contributed by atoms with van der Waals surface area (Å²) < 4.78 is 0. The first-order chi connectivity index (χ1) is 10.0. The normalized spacial score (nSPS) is 12.4. The van der Waals surface area contributed by atoms with E-state index in [-0.39, 0.29) is 10.6 Å². The molecular weight excluding hydrogens is 266 g/mol. The van der Waals surface area contributed by atoms with Gasteiger partial charge in [0.05, 0.1) is 4.92 Å². The number of nitrogens with zero attached hydrogens (tertiary/aromatic N) is 2. The molecule has 0 amide bonds. The van der Waals surface area contributed by atoms with E-state index in [1.807, 2.05) is 19.1 Å². The average Bonchev–Trinajstić information content (AvgIpc) is 2.47. The fourth-order valence-corrected chi connectivity index (χ4v) is 2.30. The van der Waals surface area contributed by atoms with E-state index in [1.54, 1.807) is 6.07 Å². The van der Waals surface area contributed by atoms with Crippen molar-refractivity contribution < 1.29 is 4.92 Å². The van der Waals surface area contributed by atoms with Gasteiger partial charge < -0.3 is 5.32 Å². The molecule has 0 fully saturated rings. The van der Waals surface area contributed by atoms with E-state index < -0.39 is 0 Å². The van der Waals surface area contributed by atoms with Crippen LogP contribution in [-0.2, 0) is 6.54 Å². The topological polar surface area (TPSA) is 58.4 Å². The number of hydrogen-bond donors (Lipinski definition) is 1. The summed E-state index contributed by atoms with van der Waals surface area (Å²) in [4.78, 5) is 13.2. The molecule has 0 aromatic heterocycles. The first kappa shape index (κ1) is 17.4. The van der Waals surface area contributed by atoms with Crippen molar-refractivity contribution in [1.29, 1.82) is 0 Å². The molecule has 1 N–H and O–H groups in total. The van der Waals surface area contributed by atoms with Gasteiger partial charge in [0.15, 0.2) is 0 Å². The van der Waals surface area contributed by atoms with Crippen LogP contribution in [0.2, 0.25) is 0 Å². The number of nitro groups is 1. The highest BCUT2D eigenvalue weighted by molar-refractivity contribution is 5.62. The minimum absolute atomic E-state index is 0.161. The highest BCUT2D eigenvalue weighted by atomic mass is 16.6. The maximum absolute atomic E-state index is 11.2. The van der Waals surface area contributed by atoms with Gasteiger partial charge in [-0.1, -0.05) is 33.3 Å². The fourth-order valence-electron chi connectivity index (χ4n) is 2.30. The van der Waals surface area contributed by atoms with Gasteiger partial charge in [-0.15, -0.1) is 0 Å². The molecule has 0 aliphatic rings. The predicted molar refractivity (Wildman–Crippen MR) is 87.7 cm³/mol. The third kappa shape index (κ3) is 5.34. The summed E-state index contributed by atoms with van der Waals surface area (Å²) >= 11 is 0. The molecule has 0 radical (unpaired) electrons. The Morgan fingerprint density at radius 1 is 1.33 bits per heavy atom. The van der Waals surface area contributed by atoms with Gasteiger partial charge in [-0.2, -0.15) is 0 Å². The Balaban J connectivity index is 2.87. The minimum Gasteiger partial charge on any atom is -0.380 e. The first-order valence-corrected chi connectivity index (χ1v) is 7.75. The lowest BCUT2D eigenvalue weighted by Gasteiger charge is -2.23. The van der Waals surface area contributed by atoms with E-state index >= 15 is 0 Å². The van der Waals surface area contributed by atoms with Crippen molar-refractivity contribution in [2.75, 3.05) is 25.0 Å². The van der Waals surface area contributed by atoms with Crippen molar-refractivity contribution >= 4 is 11.4 Å². The van der Waals surface area contributed by atoms with E-state index in [0.29, 0.717) is 18.2 Å². The molecule has 0 aliphatic heterocycles. The van der Waals surface area contributed by atoms with Crippen LogP contribution in [0.4, 0.5) is 11.4 Å². The molecule has 1 atom stereocenters. The molecule has 5 nitrogen and oxygen atoms in total. The molecular formula is C16H27N3O2. The van der Waals surface area contributed by atoms with Gasteiger partial charge in [0.1, 0.15) is 5.69 Å². The molecule has 0 aliphatic carbocycles. The zero-order valence-electron chi connectivity index (χ0n) is 13.6. The van der Waals surface area contributed by atoms with Crippen LogP contribution in [0, 0.1) is 16.0 Å². The van der Waals surface area contributed by atoms with Crippen LogP contribution in [-0.4, -0.2) is 29.5 Å². The largest absolute Gasteiger partial charge is 0.380 e. The van der Waals surface area contributed by atoms with Crippen molar-refractivity contribution in [3.63, 3.8) is 0 Å². The van der Waals surface area contributed by atoms with Crippen molar-refractivity contribution in [1.82, 2.24) is 4.90 Å². The smallest absolute Gasteiger partial charge is 0.292 e. The van der Waals surface area contributed by atoms with Crippen LogP contribution in [0.15, 0.2) is 18.2 Å². The molecule has 0 heterocycles. The van der Waals surface area contributed by atoms with Crippen LogP contribution in [0.1, 0.15) is 39.7 Å². The number of benzene rings is 1. The van der Waals surface area contributed by atoms with Crippen LogP contribution < -0.4 is 5.32 Å². The molecule has 5 heteroatoms. The highest BCUT2D eigenvalue weighted by Crippen LogP contribution is 2.26. The second-order valence-electron chi connectivity index (χ2n) is 5.48.